The van der Waals surface area contributed by atoms with Gasteiger partial charge in [0.15, 0.2) is 10.1 Å². The minimum absolute atomic E-state index is 0.0425. The van der Waals surface area contributed by atoms with Gasteiger partial charge in [0.1, 0.15) is 0 Å². The minimum Gasteiger partial charge on any atom is -0.295 e. The Kier molecular flexibility index (Phi) is 5.12. The van der Waals surface area contributed by atoms with Crippen molar-refractivity contribution in [2.24, 2.45) is 0 Å². The van der Waals surface area contributed by atoms with E-state index in [1.165, 1.54) is 34.7 Å². The molecule has 26 heavy (non-hydrogen) atoms. The summed E-state index contributed by atoms with van der Waals surface area (Å²) in [4.78, 5) is 26.8. The molecule has 1 fully saturated rings. The molecule has 3 rings (SSSR count). The lowest BCUT2D eigenvalue weighted by Crippen LogP contribution is -2.27. The van der Waals surface area contributed by atoms with Crippen LogP contribution in [0.3, 0.4) is 0 Å². The van der Waals surface area contributed by atoms with Crippen molar-refractivity contribution < 1.29 is 9.59 Å². The fourth-order valence-electron chi connectivity index (χ4n) is 2.79. The van der Waals surface area contributed by atoms with Gasteiger partial charge in [0, 0.05) is 5.56 Å². The van der Waals surface area contributed by atoms with Crippen LogP contribution in [0.5, 0.6) is 0 Å². The lowest BCUT2D eigenvalue weighted by atomic mass is 10.0. The molecule has 0 bridgehead atoms. The summed E-state index contributed by atoms with van der Waals surface area (Å²) in [7, 11) is 0. The number of rotatable bonds is 3. The number of Topliss-reactive ketones (excluding diaryl/α,β-unsaturated/α-hetero) is 1. The number of benzene rings is 2. The molecule has 1 saturated heterocycles. The van der Waals surface area contributed by atoms with Gasteiger partial charge in [-0.2, -0.15) is 0 Å². The van der Waals surface area contributed by atoms with E-state index >= 15 is 0 Å². The highest BCUT2D eigenvalue weighted by Gasteiger charge is 2.35. The van der Waals surface area contributed by atoms with Crippen molar-refractivity contribution in [2.75, 3.05) is 4.90 Å². The zero-order valence-electron chi connectivity index (χ0n) is 15.1. The van der Waals surface area contributed by atoms with Crippen molar-refractivity contribution in [1.82, 2.24) is 0 Å². The molecule has 0 aliphatic carbocycles. The molecule has 0 atom stereocenters. The Morgan fingerprint density at radius 2 is 1.73 bits per heavy atom. The van der Waals surface area contributed by atoms with Gasteiger partial charge in [-0.15, -0.1) is 0 Å². The standard InChI is InChI=1S/C21H19NO2S2/c1-12-8-9-16(10-13(12)2)14(3)19-20(24)22(21(25)26-19)18-7-5-6-17(11-18)15(4)23/h5-11H,1-4H3/b19-14-. The van der Waals surface area contributed by atoms with Crippen LogP contribution in [0.15, 0.2) is 47.4 Å². The number of anilines is 1. The van der Waals surface area contributed by atoms with Crippen molar-refractivity contribution in [2.45, 2.75) is 27.7 Å². The zero-order chi connectivity index (χ0) is 19.0. The summed E-state index contributed by atoms with van der Waals surface area (Å²) < 4.78 is 0.480. The van der Waals surface area contributed by atoms with Crippen molar-refractivity contribution in [3.05, 3.63) is 69.6 Å². The van der Waals surface area contributed by atoms with Crippen molar-refractivity contribution >= 4 is 51.3 Å². The molecular formula is C21H19NO2S2. The fourth-order valence-corrected chi connectivity index (χ4v) is 4.13. The van der Waals surface area contributed by atoms with E-state index in [1.807, 2.05) is 13.0 Å². The molecule has 2 aromatic carbocycles. The molecule has 1 aliphatic heterocycles. The van der Waals surface area contributed by atoms with Crippen LogP contribution in [0, 0.1) is 13.8 Å². The second-order valence-electron chi connectivity index (χ2n) is 6.37. The number of thioether (sulfide) groups is 1. The van der Waals surface area contributed by atoms with Crippen LogP contribution in [-0.2, 0) is 4.79 Å². The van der Waals surface area contributed by atoms with E-state index in [-0.39, 0.29) is 11.7 Å². The molecule has 1 amide bonds. The molecular weight excluding hydrogens is 362 g/mol. The second-order valence-corrected chi connectivity index (χ2v) is 8.01. The maximum Gasteiger partial charge on any atom is 0.271 e. The van der Waals surface area contributed by atoms with Gasteiger partial charge in [0.05, 0.1) is 10.6 Å². The largest absolute Gasteiger partial charge is 0.295 e. The van der Waals surface area contributed by atoms with Crippen molar-refractivity contribution in [1.29, 1.82) is 0 Å². The predicted molar refractivity (Wildman–Crippen MR) is 113 cm³/mol. The molecule has 132 valence electrons. The maximum absolute atomic E-state index is 13.0. The van der Waals surface area contributed by atoms with Crippen LogP contribution >= 0.6 is 24.0 Å². The number of allylic oxidation sites excluding steroid dienone is 1. The van der Waals surface area contributed by atoms with Gasteiger partial charge in [-0.05, 0) is 62.1 Å². The quantitative estimate of drug-likeness (QED) is 0.411. The van der Waals surface area contributed by atoms with Crippen LogP contribution in [0.4, 0.5) is 5.69 Å². The average Bonchev–Trinajstić information content (AvgIpc) is 2.91. The van der Waals surface area contributed by atoms with Crippen molar-refractivity contribution in [3.8, 4) is 0 Å². The van der Waals surface area contributed by atoms with Crippen molar-refractivity contribution in [3.63, 3.8) is 0 Å². The van der Waals surface area contributed by atoms with Crippen LogP contribution in [0.25, 0.3) is 5.57 Å². The van der Waals surface area contributed by atoms with Crippen LogP contribution in [-0.4, -0.2) is 16.0 Å². The van der Waals surface area contributed by atoms with Gasteiger partial charge in [-0.25, -0.2) is 0 Å². The number of hydrogen-bond donors (Lipinski definition) is 0. The Morgan fingerprint density at radius 1 is 1.00 bits per heavy atom. The Balaban J connectivity index is 2.02. The number of aryl methyl sites for hydroxylation is 2. The number of thiocarbonyl (C=S) groups is 1. The van der Waals surface area contributed by atoms with E-state index in [0.29, 0.717) is 20.5 Å². The summed E-state index contributed by atoms with van der Waals surface area (Å²) in [6.45, 7) is 7.58. The summed E-state index contributed by atoms with van der Waals surface area (Å²) in [5.74, 6) is -0.185. The smallest absolute Gasteiger partial charge is 0.271 e. The highest BCUT2D eigenvalue weighted by molar-refractivity contribution is 8.27. The Hall–Kier alpha value is -2.24. The van der Waals surface area contributed by atoms with Gasteiger partial charge < -0.3 is 0 Å². The Bertz CT molecular complexity index is 976. The van der Waals surface area contributed by atoms with Crippen LogP contribution in [0.2, 0.25) is 0 Å². The van der Waals surface area contributed by atoms with Gasteiger partial charge in [0.2, 0.25) is 0 Å². The van der Waals surface area contributed by atoms with E-state index in [4.69, 9.17) is 12.2 Å². The van der Waals surface area contributed by atoms with E-state index in [1.54, 1.807) is 24.3 Å². The Labute approximate surface area is 163 Å². The number of nitrogens with zero attached hydrogens (tertiary/aromatic N) is 1. The first kappa shape index (κ1) is 18.5. The molecule has 5 heteroatoms. The van der Waals surface area contributed by atoms with Gasteiger partial charge in [-0.1, -0.05) is 54.3 Å². The third-order valence-corrected chi connectivity index (χ3v) is 6.04. The predicted octanol–water partition coefficient (Wildman–Crippen LogP) is 5.30. The lowest BCUT2D eigenvalue weighted by molar-refractivity contribution is -0.113. The molecule has 0 N–H and O–H groups in total. The number of carbonyl (C=O) groups excluding carboxylic acids is 2. The van der Waals surface area contributed by atoms with Crippen LogP contribution < -0.4 is 4.90 Å². The molecule has 0 aromatic heterocycles. The highest BCUT2D eigenvalue weighted by Crippen LogP contribution is 2.39. The number of amides is 1. The van der Waals surface area contributed by atoms with E-state index in [9.17, 15) is 9.59 Å². The van der Waals surface area contributed by atoms with Gasteiger partial charge in [-0.3, -0.25) is 14.5 Å². The number of ketones is 1. The van der Waals surface area contributed by atoms with Crippen LogP contribution in [0.1, 0.15) is 40.9 Å². The summed E-state index contributed by atoms with van der Waals surface area (Å²) >= 11 is 6.76. The topological polar surface area (TPSA) is 37.4 Å². The zero-order valence-corrected chi connectivity index (χ0v) is 16.8. The Morgan fingerprint density at radius 3 is 2.38 bits per heavy atom. The monoisotopic (exact) mass is 381 g/mol. The number of hydrogen-bond acceptors (Lipinski definition) is 4. The normalized spacial score (nSPS) is 16.2. The summed E-state index contributed by atoms with van der Waals surface area (Å²) in [5, 5.41) is 0. The first-order valence-electron chi connectivity index (χ1n) is 8.25. The maximum atomic E-state index is 13.0. The SMILES string of the molecule is CC(=O)c1cccc(N2C(=O)/C(=C(\C)c3ccc(C)c(C)c3)SC2=S)c1. The lowest BCUT2D eigenvalue weighted by Gasteiger charge is -2.15. The molecule has 2 aromatic rings. The summed E-state index contributed by atoms with van der Waals surface area (Å²) in [6, 6.07) is 13.2. The molecule has 0 unspecified atom stereocenters. The summed E-state index contributed by atoms with van der Waals surface area (Å²) in [5.41, 5.74) is 5.53. The fraction of sp³-hybridized carbons (Fsp3) is 0.190. The van der Waals surface area contributed by atoms with E-state index in [0.717, 1.165) is 11.1 Å². The van der Waals surface area contributed by atoms with Gasteiger partial charge >= 0.3 is 0 Å². The molecule has 0 radical (unpaired) electrons. The molecule has 3 nitrogen and oxygen atoms in total. The average molecular weight is 382 g/mol. The van der Waals surface area contributed by atoms with E-state index in [2.05, 4.69) is 26.0 Å². The van der Waals surface area contributed by atoms with Gasteiger partial charge in [0.25, 0.3) is 5.91 Å². The molecule has 1 heterocycles. The number of carbonyl (C=O) groups is 2. The summed E-state index contributed by atoms with van der Waals surface area (Å²) in [6.07, 6.45) is 0. The molecule has 0 saturated carbocycles. The first-order valence-corrected chi connectivity index (χ1v) is 9.48. The first-order chi connectivity index (χ1) is 12.3. The second kappa shape index (κ2) is 7.17. The third-order valence-electron chi connectivity index (χ3n) is 4.56. The highest BCUT2D eigenvalue weighted by atomic mass is 32.2. The third kappa shape index (κ3) is 3.37. The minimum atomic E-state index is -0.142. The molecule has 0 spiro atoms. The molecule has 1 aliphatic rings. The van der Waals surface area contributed by atoms with E-state index < -0.39 is 0 Å².